The van der Waals surface area contributed by atoms with Crippen LogP contribution in [0.5, 0.6) is 0 Å². The van der Waals surface area contributed by atoms with E-state index in [4.69, 9.17) is 5.73 Å². The number of anilines is 1. The Morgan fingerprint density at radius 3 is 2.80 bits per heavy atom. The van der Waals surface area contributed by atoms with Crippen molar-refractivity contribution >= 4 is 11.7 Å². The molecule has 1 amide bonds. The molecule has 0 aliphatic carbocycles. The summed E-state index contributed by atoms with van der Waals surface area (Å²) in [6.45, 7) is 0.245. The van der Waals surface area contributed by atoms with Crippen LogP contribution in [0.4, 0.5) is 14.6 Å². The minimum atomic E-state index is -0.976. The molecule has 0 radical (unpaired) electrons. The fraction of sp³-hybridized carbons (Fsp3) is 0.231. The molecule has 5 nitrogen and oxygen atoms in total. The van der Waals surface area contributed by atoms with Gasteiger partial charge in [0.25, 0.3) is 0 Å². The molecule has 1 aromatic carbocycles. The van der Waals surface area contributed by atoms with E-state index in [1.54, 1.807) is 13.2 Å². The standard InChI is InChI=1S/C13H14F2N4O/c1-19-7-9(6-16)13(18-19)17-12(20)5-8-2-3-10(14)11(15)4-8/h2-4,7H,5-6,16H2,1H3,(H,17,18,20). The summed E-state index contributed by atoms with van der Waals surface area (Å²) in [6, 6.07) is 3.35. The zero-order valence-corrected chi connectivity index (χ0v) is 10.9. The van der Waals surface area contributed by atoms with E-state index in [0.717, 1.165) is 12.1 Å². The minimum Gasteiger partial charge on any atom is -0.326 e. The van der Waals surface area contributed by atoms with Crippen LogP contribution in [0, 0.1) is 11.6 Å². The van der Waals surface area contributed by atoms with Crippen molar-refractivity contribution < 1.29 is 13.6 Å². The average molecular weight is 280 g/mol. The summed E-state index contributed by atoms with van der Waals surface area (Å²) in [7, 11) is 1.71. The summed E-state index contributed by atoms with van der Waals surface area (Å²) in [4.78, 5) is 11.8. The first-order valence-electron chi connectivity index (χ1n) is 5.96. The summed E-state index contributed by atoms with van der Waals surface area (Å²) in [5.41, 5.74) is 6.61. The van der Waals surface area contributed by atoms with Crippen LogP contribution in [-0.4, -0.2) is 15.7 Å². The quantitative estimate of drug-likeness (QED) is 0.887. The number of carbonyl (C=O) groups excluding carboxylic acids is 1. The molecule has 0 aliphatic rings. The molecule has 1 aromatic heterocycles. The van der Waals surface area contributed by atoms with Crippen molar-refractivity contribution in [2.24, 2.45) is 12.8 Å². The molecule has 0 saturated heterocycles. The summed E-state index contributed by atoms with van der Waals surface area (Å²) in [5.74, 6) is -1.91. The molecular weight excluding hydrogens is 266 g/mol. The van der Waals surface area contributed by atoms with Crippen LogP contribution in [0.1, 0.15) is 11.1 Å². The Hall–Kier alpha value is -2.28. The van der Waals surface area contributed by atoms with Crippen molar-refractivity contribution in [2.45, 2.75) is 13.0 Å². The first-order valence-corrected chi connectivity index (χ1v) is 5.96. The van der Waals surface area contributed by atoms with Gasteiger partial charge in [-0.1, -0.05) is 6.07 Å². The molecule has 0 aliphatic heterocycles. The van der Waals surface area contributed by atoms with Crippen LogP contribution in [0.15, 0.2) is 24.4 Å². The van der Waals surface area contributed by atoms with Crippen molar-refractivity contribution in [1.29, 1.82) is 0 Å². The Bertz CT molecular complexity index is 639. The highest BCUT2D eigenvalue weighted by Crippen LogP contribution is 2.13. The van der Waals surface area contributed by atoms with Gasteiger partial charge in [0.1, 0.15) is 0 Å². The van der Waals surface area contributed by atoms with Gasteiger partial charge >= 0.3 is 0 Å². The first kappa shape index (κ1) is 14.1. The van der Waals surface area contributed by atoms with E-state index in [1.807, 2.05) is 0 Å². The molecular formula is C13H14F2N4O. The number of hydrogen-bond acceptors (Lipinski definition) is 3. The van der Waals surface area contributed by atoms with Crippen LogP contribution in [0.3, 0.4) is 0 Å². The molecule has 2 aromatic rings. The van der Waals surface area contributed by atoms with Gasteiger partial charge < -0.3 is 11.1 Å². The number of benzene rings is 1. The third kappa shape index (κ3) is 3.18. The normalized spacial score (nSPS) is 10.6. The molecule has 0 fully saturated rings. The van der Waals surface area contributed by atoms with Crippen molar-refractivity contribution in [1.82, 2.24) is 9.78 Å². The smallest absolute Gasteiger partial charge is 0.230 e. The zero-order valence-electron chi connectivity index (χ0n) is 10.9. The van der Waals surface area contributed by atoms with Gasteiger partial charge in [-0.2, -0.15) is 5.10 Å². The molecule has 2 rings (SSSR count). The maximum atomic E-state index is 13.0. The highest BCUT2D eigenvalue weighted by Gasteiger charge is 2.11. The number of aryl methyl sites for hydroxylation is 1. The van der Waals surface area contributed by atoms with Crippen LogP contribution in [-0.2, 0) is 24.8 Å². The number of aromatic nitrogens is 2. The SMILES string of the molecule is Cn1cc(CN)c(NC(=O)Cc2ccc(F)c(F)c2)n1. The first-order chi connectivity index (χ1) is 9.49. The van der Waals surface area contributed by atoms with Gasteiger partial charge in [-0.25, -0.2) is 8.78 Å². The number of amides is 1. The van der Waals surface area contributed by atoms with Crippen molar-refractivity contribution in [3.63, 3.8) is 0 Å². The number of hydrogen-bond donors (Lipinski definition) is 2. The molecule has 0 atom stereocenters. The van der Waals surface area contributed by atoms with Crippen molar-refractivity contribution in [3.8, 4) is 0 Å². The fourth-order valence-electron chi connectivity index (χ4n) is 1.80. The van der Waals surface area contributed by atoms with E-state index in [2.05, 4.69) is 10.4 Å². The molecule has 1 heterocycles. The van der Waals surface area contributed by atoms with Crippen molar-refractivity contribution in [3.05, 3.63) is 47.2 Å². The Morgan fingerprint density at radius 2 is 2.15 bits per heavy atom. The van der Waals surface area contributed by atoms with Gasteiger partial charge in [0.05, 0.1) is 6.42 Å². The van der Waals surface area contributed by atoms with Crippen LogP contribution >= 0.6 is 0 Å². The van der Waals surface area contributed by atoms with E-state index in [0.29, 0.717) is 16.9 Å². The van der Waals surface area contributed by atoms with E-state index in [1.165, 1.54) is 10.7 Å². The molecule has 0 bridgehead atoms. The van der Waals surface area contributed by atoms with E-state index >= 15 is 0 Å². The Balaban J connectivity index is 2.06. The fourth-order valence-corrected chi connectivity index (χ4v) is 1.80. The Kier molecular flexibility index (Phi) is 4.09. The van der Waals surface area contributed by atoms with Crippen LogP contribution < -0.4 is 11.1 Å². The predicted molar refractivity (Wildman–Crippen MR) is 69.8 cm³/mol. The number of nitrogens with zero attached hydrogens (tertiary/aromatic N) is 2. The third-order valence-electron chi connectivity index (χ3n) is 2.73. The summed E-state index contributed by atoms with van der Waals surface area (Å²) in [5, 5.41) is 6.66. The number of nitrogens with one attached hydrogen (secondary N) is 1. The van der Waals surface area contributed by atoms with Gasteiger partial charge in [0.2, 0.25) is 5.91 Å². The lowest BCUT2D eigenvalue weighted by atomic mass is 10.1. The van der Waals surface area contributed by atoms with Crippen molar-refractivity contribution in [2.75, 3.05) is 5.32 Å². The van der Waals surface area contributed by atoms with Crippen LogP contribution in [0.25, 0.3) is 0 Å². The monoisotopic (exact) mass is 280 g/mol. The summed E-state index contributed by atoms with van der Waals surface area (Å²) < 4.78 is 27.4. The number of halogens is 2. The second-order valence-corrected chi connectivity index (χ2v) is 4.35. The van der Waals surface area contributed by atoms with E-state index in [9.17, 15) is 13.6 Å². The second kappa shape index (κ2) is 5.79. The second-order valence-electron chi connectivity index (χ2n) is 4.35. The van der Waals surface area contributed by atoms with Gasteiger partial charge in [-0.05, 0) is 17.7 Å². The highest BCUT2D eigenvalue weighted by molar-refractivity contribution is 5.91. The largest absolute Gasteiger partial charge is 0.326 e. The lowest BCUT2D eigenvalue weighted by Gasteiger charge is -2.04. The van der Waals surface area contributed by atoms with Gasteiger partial charge in [0, 0.05) is 25.4 Å². The number of carbonyl (C=O) groups is 1. The predicted octanol–water partition coefficient (Wildman–Crippen LogP) is 1.34. The molecule has 106 valence electrons. The maximum absolute atomic E-state index is 13.0. The highest BCUT2D eigenvalue weighted by atomic mass is 19.2. The Labute approximate surface area is 114 Å². The molecule has 7 heteroatoms. The topological polar surface area (TPSA) is 72.9 Å². The van der Waals surface area contributed by atoms with Gasteiger partial charge in [0.15, 0.2) is 17.5 Å². The van der Waals surface area contributed by atoms with Gasteiger partial charge in [-0.15, -0.1) is 0 Å². The van der Waals surface area contributed by atoms with E-state index < -0.39 is 11.6 Å². The lowest BCUT2D eigenvalue weighted by molar-refractivity contribution is -0.115. The van der Waals surface area contributed by atoms with E-state index in [-0.39, 0.29) is 18.9 Å². The molecule has 0 unspecified atom stereocenters. The minimum absolute atomic E-state index is 0.0716. The van der Waals surface area contributed by atoms with Gasteiger partial charge in [-0.3, -0.25) is 9.48 Å². The third-order valence-corrected chi connectivity index (χ3v) is 2.73. The molecule has 0 spiro atoms. The van der Waals surface area contributed by atoms with Crippen LogP contribution in [0.2, 0.25) is 0 Å². The average Bonchev–Trinajstić information content (AvgIpc) is 2.74. The molecule has 0 saturated carbocycles. The molecule has 20 heavy (non-hydrogen) atoms. The summed E-state index contributed by atoms with van der Waals surface area (Å²) >= 11 is 0. The molecule has 3 N–H and O–H groups in total. The Morgan fingerprint density at radius 1 is 1.40 bits per heavy atom. The maximum Gasteiger partial charge on any atom is 0.230 e. The number of rotatable bonds is 4. The zero-order chi connectivity index (χ0) is 14.7. The summed E-state index contributed by atoms with van der Waals surface area (Å²) in [6.07, 6.45) is 1.63. The lowest BCUT2D eigenvalue weighted by Crippen LogP contribution is -2.16. The number of nitrogens with two attached hydrogens (primary N) is 1.